The van der Waals surface area contributed by atoms with Crippen LogP contribution in [0, 0.1) is 0 Å². The average Bonchev–Trinajstić information content (AvgIpc) is 2.70. The van der Waals surface area contributed by atoms with Crippen molar-refractivity contribution in [3.8, 4) is 5.75 Å². The fourth-order valence-electron chi connectivity index (χ4n) is 2.94. The van der Waals surface area contributed by atoms with E-state index in [1.54, 1.807) is 19.1 Å². The van der Waals surface area contributed by atoms with Crippen molar-refractivity contribution in [2.75, 3.05) is 6.61 Å². The number of carbonyl (C=O) groups is 3. The lowest BCUT2D eigenvalue weighted by Crippen LogP contribution is -2.40. The van der Waals surface area contributed by atoms with E-state index < -0.39 is 18.0 Å². The summed E-state index contributed by atoms with van der Waals surface area (Å²) in [4.78, 5) is 33.3. The highest BCUT2D eigenvalue weighted by Crippen LogP contribution is 2.14. The predicted octanol–water partition coefficient (Wildman–Crippen LogP) is 4.25. The van der Waals surface area contributed by atoms with E-state index in [2.05, 4.69) is 5.32 Å². The second-order valence-electron chi connectivity index (χ2n) is 7.12. The first-order valence-corrected chi connectivity index (χ1v) is 10.4. The van der Waals surface area contributed by atoms with E-state index in [0.717, 1.165) is 51.4 Å². The van der Waals surface area contributed by atoms with Crippen molar-refractivity contribution in [1.82, 2.24) is 5.32 Å². The fourth-order valence-corrected chi connectivity index (χ4v) is 2.94. The standard InChI is InChI=1S/C22H33NO6/c1-2-19(22(27)28)23-20(24)11-9-7-5-3-4-6-8-10-16-29-18-14-12-17(13-15-18)21(25)26/h12-15,19H,2-11,16H2,1H3,(H,23,24)(H,25,26)(H,27,28)/t19-/m0/s1. The van der Waals surface area contributed by atoms with Crippen molar-refractivity contribution in [3.05, 3.63) is 29.8 Å². The lowest BCUT2D eigenvalue weighted by molar-refractivity contribution is -0.141. The van der Waals surface area contributed by atoms with Gasteiger partial charge in [-0.05, 0) is 43.5 Å². The van der Waals surface area contributed by atoms with Gasteiger partial charge in [-0.2, -0.15) is 0 Å². The average molecular weight is 408 g/mol. The third kappa shape index (κ3) is 11.1. The van der Waals surface area contributed by atoms with E-state index in [-0.39, 0.29) is 11.5 Å². The molecule has 1 aromatic rings. The second kappa shape index (κ2) is 14.4. The molecular formula is C22H33NO6. The van der Waals surface area contributed by atoms with Gasteiger partial charge in [-0.25, -0.2) is 9.59 Å². The first-order valence-electron chi connectivity index (χ1n) is 10.4. The van der Waals surface area contributed by atoms with E-state index in [1.165, 1.54) is 12.1 Å². The molecule has 1 atom stereocenters. The summed E-state index contributed by atoms with van der Waals surface area (Å²) in [5, 5.41) is 20.3. The summed E-state index contributed by atoms with van der Waals surface area (Å²) in [5.41, 5.74) is 0.253. The molecule has 0 spiro atoms. The molecule has 0 aliphatic heterocycles. The van der Waals surface area contributed by atoms with Gasteiger partial charge in [-0.1, -0.05) is 45.4 Å². The number of hydrogen-bond acceptors (Lipinski definition) is 4. The highest BCUT2D eigenvalue weighted by molar-refractivity contribution is 5.87. The zero-order chi connectivity index (χ0) is 21.5. The summed E-state index contributed by atoms with van der Waals surface area (Å²) in [6, 6.07) is 5.64. The van der Waals surface area contributed by atoms with Crippen LogP contribution in [0.25, 0.3) is 0 Å². The molecule has 0 radical (unpaired) electrons. The minimum absolute atomic E-state index is 0.183. The number of unbranched alkanes of at least 4 members (excludes halogenated alkanes) is 7. The SMILES string of the molecule is CC[C@H](NC(=O)CCCCCCCCCCOc1ccc(C(=O)O)cc1)C(=O)O. The van der Waals surface area contributed by atoms with Crippen LogP contribution in [0.2, 0.25) is 0 Å². The van der Waals surface area contributed by atoms with Crippen LogP contribution in [0.15, 0.2) is 24.3 Å². The molecule has 3 N–H and O–H groups in total. The summed E-state index contributed by atoms with van der Waals surface area (Å²) in [7, 11) is 0. The van der Waals surface area contributed by atoms with Crippen LogP contribution >= 0.6 is 0 Å². The van der Waals surface area contributed by atoms with Crippen molar-refractivity contribution in [2.45, 2.75) is 77.2 Å². The van der Waals surface area contributed by atoms with Gasteiger partial charge >= 0.3 is 11.9 Å². The molecule has 0 heterocycles. The maximum Gasteiger partial charge on any atom is 0.335 e. The Labute approximate surface area is 172 Å². The summed E-state index contributed by atoms with van der Waals surface area (Å²) in [6.07, 6.45) is 9.09. The predicted molar refractivity (Wildman–Crippen MR) is 110 cm³/mol. The Kier molecular flexibility index (Phi) is 12.2. The summed E-state index contributed by atoms with van der Waals surface area (Å²) < 4.78 is 5.61. The van der Waals surface area contributed by atoms with Crippen molar-refractivity contribution >= 4 is 17.8 Å². The molecule has 0 fully saturated rings. The molecule has 1 aromatic carbocycles. The Morgan fingerprint density at radius 2 is 1.45 bits per heavy atom. The van der Waals surface area contributed by atoms with Gasteiger partial charge in [0.05, 0.1) is 12.2 Å². The molecule has 0 aliphatic carbocycles. The fraction of sp³-hybridized carbons (Fsp3) is 0.591. The number of amides is 1. The van der Waals surface area contributed by atoms with Gasteiger partial charge in [-0.15, -0.1) is 0 Å². The first kappa shape index (κ1) is 24.5. The van der Waals surface area contributed by atoms with Gasteiger partial charge in [0, 0.05) is 6.42 Å². The van der Waals surface area contributed by atoms with Gasteiger partial charge in [-0.3, -0.25) is 4.79 Å². The first-order chi connectivity index (χ1) is 13.9. The Hall–Kier alpha value is -2.57. The molecule has 0 unspecified atom stereocenters. The third-order valence-electron chi connectivity index (χ3n) is 4.71. The van der Waals surface area contributed by atoms with Crippen LogP contribution in [0.5, 0.6) is 5.75 Å². The molecule has 1 amide bonds. The Bertz CT molecular complexity index is 629. The van der Waals surface area contributed by atoms with Crippen LogP contribution in [0.1, 0.15) is 81.5 Å². The minimum atomic E-state index is -0.984. The molecule has 0 saturated carbocycles. The lowest BCUT2D eigenvalue weighted by Gasteiger charge is -2.11. The van der Waals surface area contributed by atoms with E-state index in [1.807, 2.05) is 0 Å². The molecule has 0 bridgehead atoms. The number of aliphatic carboxylic acids is 1. The summed E-state index contributed by atoms with van der Waals surface area (Å²) in [6.45, 7) is 2.36. The summed E-state index contributed by atoms with van der Waals surface area (Å²) >= 11 is 0. The smallest absolute Gasteiger partial charge is 0.335 e. The van der Waals surface area contributed by atoms with Gasteiger partial charge in [0.15, 0.2) is 0 Å². The number of benzene rings is 1. The second-order valence-corrected chi connectivity index (χ2v) is 7.12. The van der Waals surface area contributed by atoms with Gasteiger partial charge in [0.2, 0.25) is 5.91 Å². The monoisotopic (exact) mass is 407 g/mol. The van der Waals surface area contributed by atoms with Gasteiger partial charge in [0.1, 0.15) is 11.8 Å². The minimum Gasteiger partial charge on any atom is -0.494 e. The zero-order valence-corrected chi connectivity index (χ0v) is 17.2. The van der Waals surface area contributed by atoms with Crippen LogP contribution in [0.4, 0.5) is 0 Å². The molecule has 7 nitrogen and oxygen atoms in total. The Morgan fingerprint density at radius 3 is 1.97 bits per heavy atom. The van der Waals surface area contributed by atoms with E-state index in [9.17, 15) is 14.4 Å². The molecule has 0 aliphatic rings. The van der Waals surface area contributed by atoms with Gasteiger partial charge in [0.25, 0.3) is 0 Å². The maximum absolute atomic E-state index is 11.7. The van der Waals surface area contributed by atoms with Crippen molar-refractivity contribution in [2.24, 2.45) is 0 Å². The number of rotatable bonds is 16. The Morgan fingerprint density at radius 1 is 0.897 bits per heavy atom. The Balaban J connectivity index is 1.94. The molecule has 0 saturated heterocycles. The van der Waals surface area contributed by atoms with E-state index in [4.69, 9.17) is 14.9 Å². The number of aromatic carboxylic acids is 1. The highest BCUT2D eigenvalue weighted by atomic mass is 16.5. The van der Waals surface area contributed by atoms with Crippen LogP contribution in [-0.4, -0.2) is 40.7 Å². The molecular weight excluding hydrogens is 374 g/mol. The molecule has 1 rings (SSSR count). The van der Waals surface area contributed by atoms with Crippen molar-refractivity contribution in [3.63, 3.8) is 0 Å². The van der Waals surface area contributed by atoms with Gasteiger partial charge < -0.3 is 20.3 Å². The normalized spacial score (nSPS) is 11.6. The number of carbonyl (C=O) groups excluding carboxylic acids is 1. The molecule has 29 heavy (non-hydrogen) atoms. The third-order valence-corrected chi connectivity index (χ3v) is 4.71. The maximum atomic E-state index is 11.7. The highest BCUT2D eigenvalue weighted by Gasteiger charge is 2.16. The number of hydrogen-bond donors (Lipinski definition) is 3. The molecule has 162 valence electrons. The largest absolute Gasteiger partial charge is 0.494 e. The van der Waals surface area contributed by atoms with Crippen LogP contribution < -0.4 is 10.1 Å². The lowest BCUT2D eigenvalue weighted by atomic mass is 10.1. The quantitative estimate of drug-likeness (QED) is 0.353. The summed E-state index contributed by atoms with van der Waals surface area (Å²) in [5.74, 6) is -1.42. The topological polar surface area (TPSA) is 113 Å². The molecule has 0 aromatic heterocycles. The number of ether oxygens (including phenoxy) is 1. The number of carboxylic acid groups (broad SMARTS) is 2. The number of carboxylic acids is 2. The molecule has 7 heteroatoms. The van der Waals surface area contributed by atoms with Crippen molar-refractivity contribution in [1.29, 1.82) is 0 Å². The van der Waals surface area contributed by atoms with Crippen LogP contribution in [-0.2, 0) is 9.59 Å². The van der Waals surface area contributed by atoms with Crippen LogP contribution in [0.3, 0.4) is 0 Å². The zero-order valence-electron chi connectivity index (χ0n) is 17.2. The number of nitrogens with one attached hydrogen (secondary N) is 1. The van der Waals surface area contributed by atoms with E-state index >= 15 is 0 Å². The van der Waals surface area contributed by atoms with Crippen molar-refractivity contribution < 1.29 is 29.3 Å². The van der Waals surface area contributed by atoms with E-state index in [0.29, 0.717) is 25.2 Å².